The molecule has 2 amide bonds. The first-order valence-electron chi connectivity index (χ1n) is 10.4. The first kappa shape index (κ1) is 20.5. The van der Waals surface area contributed by atoms with E-state index in [-0.39, 0.29) is 6.04 Å². The Morgan fingerprint density at radius 3 is 1.81 bits per heavy atom. The van der Waals surface area contributed by atoms with Gasteiger partial charge < -0.3 is 10.6 Å². The van der Waals surface area contributed by atoms with Crippen molar-refractivity contribution in [3.63, 3.8) is 0 Å². The van der Waals surface area contributed by atoms with Crippen LogP contribution in [-0.2, 0) is 16.0 Å². The maximum absolute atomic E-state index is 12.3. The minimum absolute atomic E-state index is 0.121. The molecule has 1 aliphatic carbocycles. The minimum Gasteiger partial charge on any atom is -0.345 e. The van der Waals surface area contributed by atoms with E-state index in [2.05, 4.69) is 17.6 Å². The number of nitrogens with one attached hydrogen (secondary N) is 2. The lowest BCUT2D eigenvalue weighted by molar-refractivity contribution is -0.136. The fourth-order valence-corrected chi connectivity index (χ4v) is 3.57. The Kier molecular flexibility index (Phi) is 9.22. The summed E-state index contributed by atoms with van der Waals surface area (Å²) in [6.07, 6.45) is 14.2. The lowest BCUT2D eigenvalue weighted by Crippen LogP contribution is -2.41. The predicted molar refractivity (Wildman–Crippen MR) is 107 cm³/mol. The molecule has 2 rings (SSSR count). The van der Waals surface area contributed by atoms with Crippen LogP contribution >= 0.6 is 0 Å². The molecule has 26 heavy (non-hydrogen) atoms. The van der Waals surface area contributed by atoms with Crippen LogP contribution in [0.25, 0.3) is 0 Å². The van der Waals surface area contributed by atoms with Gasteiger partial charge in [-0.15, -0.1) is 0 Å². The number of anilines is 1. The number of benzene rings is 1. The zero-order valence-electron chi connectivity index (χ0n) is 16.2. The van der Waals surface area contributed by atoms with Gasteiger partial charge in [-0.3, -0.25) is 9.59 Å². The summed E-state index contributed by atoms with van der Waals surface area (Å²) in [5.74, 6) is -1.08. The zero-order chi connectivity index (χ0) is 18.6. The maximum Gasteiger partial charge on any atom is 0.313 e. The molecular weight excluding hydrogens is 324 g/mol. The average molecular weight is 359 g/mol. The SMILES string of the molecule is CCc1ccc(NC(=O)C(=O)NC2CCCCCCCCCCC2)cc1. The van der Waals surface area contributed by atoms with E-state index in [0.29, 0.717) is 5.69 Å². The van der Waals surface area contributed by atoms with E-state index < -0.39 is 11.8 Å². The summed E-state index contributed by atoms with van der Waals surface area (Å²) in [7, 11) is 0. The first-order chi connectivity index (χ1) is 12.7. The molecule has 0 heterocycles. The highest BCUT2D eigenvalue weighted by molar-refractivity contribution is 6.39. The Hall–Kier alpha value is -1.84. The second-order valence-electron chi connectivity index (χ2n) is 7.43. The van der Waals surface area contributed by atoms with Gasteiger partial charge in [-0.25, -0.2) is 0 Å². The summed E-state index contributed by atoms with van der Waals surface area (Å²) >= 11 is 0. The van der Waals surface area contributed by atoms with Gasteiger partial charge in [0, 0.05) is 11.7 Å². The van der Waals surface area contributed by atoms with E-state index in [4.69, 9.17) is 0 Å². The monoisotopic (exact) mass is 358 g/mol. The molecule has 0 spiro atoms. The quantitative estimate of drug-likeness (QED) is 0.749. The van der Waals surface area contributed by atoms with E-state index in [1.165, 1.54) is 50.5 Å². The number of rotatable bonds is 3. The maximum atomic E-state index is 12.3. The van der Waals surface area contributed by atoms with Crippen LogP contribution in [-0.4, -0.2) is 17.9 Å². The molecule has 4 nitrogen and oxygen atoms in total. The highest BCUT2D eigenvalue weighted by atomic mass is 16.2. The van der Waals surface area contributed by atoms with Gasteiger partial charge in [-0.2, -0.15) is 0 Å². The Morgan fingerprint density at radius 2 is 1.31 bits per heavy atom. The Labute approximate surface area is 158 Å². The molecule has 1 aromatic rings. The summed E-state index contributed by atoms with van der Waals surface area (Å²) in [5, 5.41) is 5.66. The van der Waals surface area contributed by atoms with Gasteiger partial charge in [0.2, 0.25) is 0 Å². The van der Waals surface area contributed by atoms with Gasteiger partial charge in [0.1, 0.15) is 0 Å². The van der Waals surface area contributed by atoms with Crippen molar-refractivity contribution >= 4 is 17.5 Å². The Balaban J connectivity index is 1.82. The van der Waals surface area contributed by atoms with Crippen molar-refractivity contribution in [3.8, 4) is 0 Å². The van der Waals surface area contributed by atoms with E-state index in [1.54, 1.807) is 0 Å². The fraction of sp³-hybridized carbons (Fsp3) is 0.636. The largest absolute Gasteiger partial charge is 0.345 e. The van der Waals surface area contributed by atoms with E-state index in [9.17, 15) is 9.59 Å². The number of aryl methyl sites for hydroxylation is 1. The van der Waals surface area contributed by atoms with Gasteiger partial charge in [-0.1, -0.05) is 76.8 Å². The molecule has 0 atom stereocenters. The Bertz CT molecular complexity index is 542. The molecule has 0 aliphatic heterocycles. The molecular formula is C22H34N2O2. The normalized spacial score (nSPS) is 17.6. The van der Waals surface area contributed by atoms with E-state index in [0.717, 1.165) is 32.1 Å². The predicted octanol–water partition coefficient (Wildman–Crippen LogP) is 4.98. The standard InChI is InChI=1S/C22H34N2O2/c1-2-18-14-16-20(17-15-18)24-22(26)21(25)23-19-12-10-8-6-4-3-5-7-9-11-13-19/h14-17,19H,2-13H2,1H3,(H,23,25)(H,24,26). The van der Waals surface area contributed by atoms with Crippen molar-refractivity contribution < 1.29 is 9.59 Å². The fourth-order valence-electron chi connectivity index (χ4n) is 3.57. The number of carbonyl (C=O) groups excluding carboxylic acids is 2. The summed E-state index contributed by atoms with van der Waals surface area (Å²) < 4.78 is 0. The number of carbonyl (C=O) groups is 2. The van der Waals surface area contributed by atoms with E-state index >= 15 is 0 Å². The van der Waals surface area contributed by atoms with Gasteiger partial charge in [0.25, 0.3) is 0 Å². The minimum atomic E-state index is -0.569. The van der Waals surface area contributed by atoms with Crippen molar-refractivity contribution in [1.82, 2.24) is 5.32 Å². The summed E-state index contributed by atoms with van der Waals surface area (Å²) in [4.78, 5) is 24.5. The second kappa shape index (κ2) is 11.7. The highest BCUT2D eigenvalue weighted by Crippen LogP contribution is 2.17. The topological polar surface area (TPSA) is 58.2 Å². The van der Waals surface area contributed by atoms with Gasteiger partial charge in [0.15, 0.2) is 0 Å². The molecule has 0 bridgehead atoms. The molecule has 1 aliphatic rings. The smallest absolute Gasteiger partial charge is 0.313 e. The molecule has 0 radical (unpaired) electrons. The van der Waals surface area contributed by atoms with Crippen LogP contribution in [0, 0.1) is 0 Å². The van der Waals surface area contributed by atoms with Crippen LogP contribution in [0.5, 0.6) is 0 Å². The van der Waals surface area contributed by atoms with Crippen molar-refractivity contribution in [3.05, 3.63) is 29.8 Å². The molecule has 4 heteroatoms. The first-order valence-corrected chi connectivity index (χ1v) is 10.4. The summed E-state index contributed by atoms with van der Waals surface area (Å²) in [6, 6.07) is 7.76. The molecule has 1 fully saturated rings. The number of amides is 2. The third-order valence-corrected chi connectivity index (χ3v) is 5.27. The van der Waals surface area contributed by atoms with Gasteiger partial charge in [-0.05, 0) is 37.0 Å². The average Bonchev–Trinajstić information content (AvgIpc) is 2.64. The van der Waals surface area contributed by atoms with E-state index in [1.807, 2.05) is 24.3 Å². The highest BCUT2D eigenvalue weighted by Gasteiger charge is 2.18. The van der Waals surface area contributed by atoms with Crippen molar-refractivity contribution in [1.29, 1.82) is 0 Å². The molecule has 0 unspecified atom stereocenters. The molecule has 1 saturated carbocycles. The van der Waals surface area contributed by atoms with Crippen LogP contribution in [0.15, 0.2) is 24.3 Å². The van der Waals surface area contributed by atoms with Crippen LogP contribution < -0.4 is 10.6 Å². The van der Waals surface area contributed by atoms with Gasteiger partial charge >= 0.3 is 11.8 Å². The Morgan fingerprint density at radius 1 is 0.808 bits per heavy atom. The molecule has 0 saturated heterocycles. The van der Waals surface area contributed by atoms with Crippen LogP contribution in [0.4, 0.5) is 5.69 Å². The summed E-state index contributed by atoms with van der Waals surface area (Å²) in [6.45, 7) is 2.09. The lowest BCUT2D eigenvalue weighted by Gasteiger charge is -2.19. The van der Waals surface area contributed by atoms with Crippen LogP contribution in [0.2, 0.25) is 0 Å². The molecule has 2 N–H and O–H groups in total. The summed E-state index contributed by atoms with van der Waals surface area (Å²) in [5.41, 5.74) is 1.88. The van der Waals surface area contributed by atoms with Crippen LogP contribution in [0.1, 0.15) is 83.1 Å². The molecule has 0 aromatic heterocycles. The lowest BCUT2D eigenvalue weighted by atomic mass is 9.98. The van der Waals surface area contributed by atoms with Crippen molar-refractivity contribution in [2.75, 3.05) is 5.32 Å². The number of hydrogen-bond acceptors (Lipinski definition) is 2. The third kappa shape index (κ3) is 7.59. The second-order valence-corrected chi connectivity index (χ2v) is 7.43. The van der Waals surface area contributed by atoms with Gasteiger partial charge in [0.05, 0.1) is 0 Å². The molecule has 144 valence electrons. The van der Waals surface area contributed by atoms with Crippen molar-refractivity contribution in [2.24, 2.45) is 0 Å². The van der Waals surface area contributed by atoms with Crippen LogP contribution in [0.3, 0.4) is 0 Å². The zero-order valence-corrected chi connectivity index (χ0v) is 16.2. The third-order valence-electron chi connectivity index (χ3n) is 5.27. The molecule has 1 aromatic carbocycles. The number of hydrogen-bond donors (Lipinski definition) is 2. The van der Waals surface area contributed by atoms with Crippen molar-refractivity contribution in [2.45, 2.75) is 90.0 Å².